The number of nitro groups is 1. The minimum atomic E-state index is -0.575. The number of nitrogens with zero attached hydrogens (tertiary/aromatic N) is 3. The number of hydrazone groups is 1. The SMILES string of the molecule is COc1cc(-c2cc(-c3cc([N+](=O)[O-])c(C=NNC(=O)c4ccncc4)o3)ccc2OC)ccc1C. The molecule has 0 fully saturated rings. The number of nitrogens with one attached hydrogen (secondary N) is 1. The molecule has 2 aromatic heterocycles. The van der Waals surface area contributed by atoms with E-state index in [-0.39, 0.29) is 17.2 Å². The van der Waals surface area contributed by atoms with Crippen LogP contribution in [-0.2, 0) is 0 Å². The van der Waals surface area contributed by atoms with Gasteiger partial charge in [0.05, 0.1) is 31.4 Å². The molecule has 10 nitrogen and oxygen atoms in total. The number of hydrogen-bond acceptors (Lipinski definition) is 8. The molecule has 10 heteroatoms. The predicted molar refractivity (Wildman–Crippen MR) is 133 cm³/mol. The van der Waals surface area contributed by atoms with Crippen LogP contribution in [0.25, 0.3) is 22.5 Å². The molecule has 0 aliphatic rings. The second-order valence-electron chi connectivity index (χ2n) is 7.65. The summed E-state index contributed by atoms with van der Waals surface area (Å²) in [7, 11) is 3.17. The number of methoxy groups -OCH3 is 2. The molecule has 4 aromatic rings. The van der Waals surface area contributed by atoms with Crippen molar-refractivity contribution in [2.45, 2.75) is 6.92 Å². The molecule has 0 spiro atoms. The first-order valence-electron chi connectivity index (χ1n) is 10.8. The maximum atomic E-state index is 12.1. The van der Waals surface area contributed by atoms with Crippen molar-refractivity contribution >= 4 is 17.8 Å². The Bertz CT molecular complexity index is 1450. The molecule has 0 aliphatic heterocycles. The van der Waals surface area contributed by atoms with E-state index in [1.807, 2.05) is 31.2 Å². The lowest BCUT2D eigenvalue weighted by molar-refractivity contribution is -0.385. The molecule has 1 N–H and O–H groups in total. The molecule has 2 aromatic carbocycles. The Labute approximate surface area is 206 Å². The number of rotatable bonds is 8. The van der Waals surface area contributed by atoms with Crippen molar-refractivity contribution in [2.75, 3.05) is 14.2 Å². The zero-order valence-electron chi connectivity index (χ0n) is 19.7. The van der Waals surface area contributed by atoms with Gasteiger partial charge in [-0.15, -0.1) is 0 Å². The standard InChI is InChI=1S/C26H22N4O6/c1-16-4-5-18(13-23(16)35-3)20-12-19(6-7-22(20)34-2)24-14-21(30(32)33)25(36-24)15-28-29-26(31)17-8-10-27-11-9-17/h4-15H,1-3H3,(H,29,31). The molecule has 0 saturated carbocycles. The van der Waals surface area contributed by atoms with Crippen LogP contribution in [0.1, 0.15) is 21.7 Å². The lowest BCUT2D eigenvalue weighted by Gasteiger charge is -2.12. The fraction of sp³-hybridized carbons (Fsp3) is 0.115. The first-order chi connectivity index (χ1) is 17.4. The average Bonchev–Trinajstić information content (AvgIpc) is 3.33. The summed E-state index contributed by atoms with van der Waals surface area (Å²) in [6.45, 7) is 1.95. The van der Waals surface area contributed by atoms with Crippen LogP contribution in [0.15, 0.2) is 76.5 Å². The van der Waals surface area contributed by atoms with Crippen LogP contribution < -0.4 is 14.9 Å². The molecule has 0 atom stereocenters. The van der Waals surface area contributed by atoms with E-state index in [0.717, 1.165) is 28.7 Å². The number of ether oxygens (including phenoxy) is 2. The van der Waals surface area contributed by atoms with E-state index < -0.39 is 10.8 Å². The molecule has 4 rings (SSSR count). The Morgan fingerprint density at radius 2 is 1.75 bits per heavy atom. The topological polar surface area (TPSA) is 129 Å². The summed E-state index contributed by atoms with van der Waals surface area (Å²) in [6, 6.07) is 15.4. The summed E-state index contributed by atoms with van der Waals surface area (Å²) in [5.41, 5.74) is 5.55. The Morgan fingerprint density at radius 1 is 1.03 bits per heavy atom. The number of carbonyl (C=O) groups excluding carboxylic acids is 1. The monoisotopic (exact) mass is 486 g/mol. The van der Waals surface area contributed by atoms with Gasteiger partial charge in [0.15, 0.2) is 0 Å². The normalized spacial score (nSPS) is 10.9. The maximum Gasteiger partial charge on any atom is 0.317 e. The predicted octanol–water partition coefficient (Wildman–Crippen LogP) is 5.01. The van der Waals surface area contributed by atoms with Gasteiger partial charge in [-0.1, -0.05) is 12.1 Å². The average molecular weight is 486 g/mol. The van der Waals surface area contributed by atoms with Gasteiger partial charge < -0.3 is 13.9 Å². The lowest BCUT2D eigenvalue weighted by atomic mass is 9.99. The zero-order chi connectivity index (χ0) is 25.7. The maximum absolute atomic E-state index is 12.1. The van der Waals surface area contributed by atoms with Gasteiger partial charge in [-0.3, -0.25) is 19.9 Å². The molecule has 0 unspecified atom stereocenters. The Balaban J connectivity index is 1.67. The molecule has 1 amide bonds. The van der Waals surface area contributed by atoms with E-state index in [1.54, 1.807) is 26.4 Å². The molecular weight excluding hydrogens is 464 g/mol. The van der Waals surface area contributed by atoms with Crippen LogP contribution >= 0.6 is 0 Å². The largest absolute Gasteiger partial charge is 0.496 e. The fourth-order valence-corrected chi connectivity index (χ4v) is 3.56. The van der Waals surface area contributed by atoms with Crippen LogP contribution in [0.4, 0.5) is 5.69 Å². The van der Waals surface area contributed by atoms with E-state index in [0.29, 0.717) is 16.9 Å². The molecule has 0 bridgehead atoms. The van der Waals surface area contributed by atoms with E-state index in [9.17, 15) is 14.9 Å². The van der Waals surface area contributed by atoms with Crippen LogP contribution in [0, 0.1) is 17.0 Å². The van der Waals surface area contributed by atoms with Gasteiger partial charge in [0.2, 0.25) is 5.76 Å². The van der Waals surface area contributed by atoms with Gasteiger partial charge in [-0.2, -0.15) is 5.10 Å². The molecular formula is C26H22N4O6. The number of aryl methyl sites for hydroxylation is 1. The summed E-state index contributed by atoms with van der Waals surface area (Å²) in [5.74, 6) is 0.995. The second-order valence-corrected chi connectivity index (χ2v) is 7.65. The molecule has 2 heterocycles. The highest BCUT2D eigenvalue weighted by molar-refractivity contribution is 5.95. The highest BCUT2D eigenvalue weighted by Gasteiger charge is 2.22. The lowest BCUT2D eigenvalue weighted by Crippen LogP contribution is -2.17. The first kappa shape index (κ1) is 24.1. The van der Waals surface area contributed by atoms with Gasteiger partial charge in [-0.05, 0) is 54.4 Å². The van der Waals surface area contributed by atoms with Crippen LogP contribution in [0.3, 0.4) is 0 Å². The van der Waals surface area contributed by atoms with E-state index in [4.69, 9.17) is 13.9 Å². The molecule has 0 aliphatic carbocycles. The van der Waals surface area contributed by atoms with Crippen LogP contribution in [-0.4, -0.2) is 36.2 Å². The smallest absolute Gasteiger partial charge is 0.317 e. The first-order valence-corrected chi connectivity index (χ1v) is 10.8. The van der Waals surface area contributed by atoms with E-state index in [2.05, 4.69) is 15.5 Å². The number of furan rings is 1. The second kappa shape index (κ2) is 10.5. The third-order valence-corrected chi connectivity index (χ3v) is 5.43. The number of pyridine rings is 1. The fourth-order valence-electron chi connectivity index (χ4n) is 3.56. The Kier molecular flexibility index (Phi) is 7.05. The van der Waals surface area contributed by atoms with Gasteiger partial charge >= 0.3 is 5.69 Å². The molecule has 182 valence electrons. The highest BCUT2D eigenvalue weighted by atomic mass is 16.6. The number of aromatic nitrogens is 1. The summed E-state index contributed by atoms with van der Waals surface area (Å²) in [5, 5.41) is 15.4. The number of benzene rings is 2. The Hall–Kier alpha value is -4.99. The van der Waals surface area contributed by atoms with Gasteiger partial charge in [0.1, 0.15) is 17.3 Å². The zero-order valence-corrected chi connectivity index (χ0v) is 19.7. The molecule has 0 saturated heterocycles. The third-order valence-electron chi connectivity index (χ3n) is 5.43. The minimum Gasteiger partial charge on any atom is -0.496 e. The van der Waals surface area contributed by atoms with Crippen molar-refractivity contribution in [1.82, 2.24) is 10.4 Å². The number of hydrogen-bond donors (Lipinski definition) is 1. The van der Waals surface area contributed by atoms with Gasteiger partial charge in [-0.25, -0.2) is 5.43 Å². The minimum absolute atomic E-state index is 0.112. The number of carbonyl (C=O) groups is 1. The third kappa shape index (κ3) is 5.07. The highest BCUT2D eigenvalue weighted by Crippen LogP contribution is 2.38. The van der Waals surface area contributed by atoms with E-state index in [1.165, 1.54) is 30.6 Å². The summed E-state index contributed by atoms with van der Waals surface area (Å²) in [4.78, 5) is 27.0. The van der Waals surface area contributed by atoms with Crippen molar-refractivity contribution in [3.63, 3.8) is 0 Å². The molecule has 0 radical (unpaired) electrons. The van der Waals surface area contributed by atoms with E-state index >= 15 is 0 Å². The van der Waals surface area contributed by atoms with Crippen molar-refractivity contribution < 1.29 is 23.6 Å². The summed E-state index contributed by atoms with van der Waals surface area (Å²) >= 11 is 0. The van der Waals surface area contributed by atoms with Crippen molar-refractivity contribution in [2.24, 2.45) is 5.10 Å². The molecule has 36 heavy (non-hydrogen) atoms. The van der Waals surface area contributed by atoms with Gasteiger partial charge in [0, 0.05) is 29.1 Å². The van der Waals surface area contributed by atoms with Crippen molar-refractivity contribution in [3.05, 3.63) is 94.0 Å². The van der Waals surface area contributed by atoms with Crippen LogP contribution in [0.5, 0.6) is 11.5 Å². The Morgan fingerprint density at radius 3 is 2.44 bits per heavy atom. The number of amides is 1. The summed E-state index contributed by atoms with van der Waals surface area (Å²) < 4.78 is 16.7. The van der Waals surface area contributed by atoms with Crippen molar-refractivity contribution in [3.8, 4) is 33.9 Å². The van der Waals surface area contributed by atoms with Gasteiger partial charge in [0.25, 0.3) is 5.91 Å². The van der Waals surface area contributed by atoms with Crippen LogP contribution in [0.2, 0.25) is 0 Å². The summed E-state index contributed by atoms with van der Waals surface area (Å²) in [6.07, 6.45) is 4.03. The van der Waals surface area contributed by atoms with Crippen molar-refractivity contribution in [1.29, 1.82) is 0 Å². The quantitative estimate of drug-likeness (QED) is 0.211.